The van der Waals surface area contributed by atoms with E-state index in [0.717, 1.165) is 11.8 Å². The predicted octanol–water partition coefficient (Wildman–Crippen LogP) is 3.97. The molecule has 0 aromatic rings. The molecule has 6 aliphatic rings. The average molecular weight is 393 g/mol. The normalized spacial score (nSPS) is 42.0. The van der Waals surface area contributed by atoms with Gasteiger partial charge in [0.05, 0.1) is 11.6 Å². The zero-order chi connectivity index (χ0) is 19.1. The Labute approximate surface area is 164 Å². The Morgan fingerprint density at radius 1 is 1.15 bits per heavy atom. The van der Waals surface area contributed by atoms with E-state index in [9.17, 15) is 14.0 Å². The lowest BCUT2D eigenvalue weighted by Gasteiger charge is -2.65. The Balaban J connectivity index is 1.46. The van der Waals surface area contributed by atoms with Gasteiger partial charge in [-0.2, -0.15) is 0 Å². The number of amides is 2. The molecule has 0 radical (unpaired) electrons. The van der Waals surface area contributed by atoms with E-state index in [4.69, 9.17) is 11.6 Å². The van der Waals surface area contributed by atoms with Crippen molar-refractivity contribution >= 4 is 23.4 Å². The summed E-state index contributed by atoms with van der Waals surface area (Å²) in [6.07, 6.45) is 7.79. The van der Waals surface area contributed by atoms with Crippen LogP contribution in [0.15, 0.2) is 22.8 Å². The zero-order valence-electron chi connectivity index (χ0n) is 15.8. The smallest absolute Gasteiger partial charge is 0.270 e. The van der Waals surface area contributed by atoms with Crippen molar-refractivity contribution in [2.45, 2.75) is 70.1 Å². The van der Waals surface area contributed by atoms with Gasteiger partial charge in [-0.05, 0) is 81.8 Å². The Hall–Kier alpha value is -1.36. The summed E-state index contributed by atoms with van der Waals surface area (Å²) in [4.78, 5) is 26.4. The lowest BCUT2D eigenvalue weighted by atomic mass is 9.53. The van der Waals surface area contributed by atoms with Gasteiger partial charge in [0.1, 0.15) is 11.7 Å². The van der Waals surface area contributed by atoms with Gasteiger partial charge in [-0.1, -0.05) is 11.6 Å². The third kappa shape index (κ3) is 2.46. The maximum Gasteiger partial charge on any atom is 0.274 e. The molecule has 1 unspecified atom stereocenters. The molecule has 6 rings (SSSR count). The third-order valence-corrected chi connectivity index (χ3v) is 7.85. The first-order valence-corrected chi connectivity index (χ1v) is 10.5. The second-order valence-corrected chi connectivity index (χ2v) is 10.1. The number of carbonyl (C=O) groups is 2. The van der Waals surface area contributed by atoms with Crippen LogP contribution in [0.2, 0.25) is 0 Å². The van der Waals surface area contributed by atoms with Gasteiger partial charge < -0.3 is 0 Å². The van der Waals surface area contributed by atoms with E-state index in [1.807, 2.05) is 0 Å². The first-order chi connectivity index (χ1) is 12.8. The molecule has 4 bridgehead atoms. The molecule has 0 spiro atoms. The van der Waals surface area contributed by atoms with Crippen molar-refractivity contribution < 1.29 is 14.0 Å². The fraction of sp³-hybridized carbons (Fsp3) is 0.714. The van der Waals surface area contributed by atoms with E-state index in [2.05, 4.69) is 0 Å². The molecule has 1 heterocycles. The topological polar surface area (TPSA) is 40.6 Å². The summed E-state index contributed by atoms with van der Waals surface area (Å²) in [7, 11) is 0. The van der Waals surface area contributed by atoms with Crippen LogP contribution in [0.1, 0.15) is 52.4 Å². The van der Waals surface area contributed by atoms with Crippen LogP contribution in [0, 0.1) is 23.7 Å². The molecule has 1 saturated heterocycles. The predicted molar refractivity (Wildman–Crippen MR) is 100 cm³/mol. The van der Waals surface area contributed by atoms with Gasteiger partial charge in [-0.25, -0.2) is 14.4 Å². The highest BCUT2D eigenvalue weighted by Gasteiger charge is 2.62. The molecule has 1 aliphatic heterocycles. The standard InChI is InChI=1S/C21H26ClFN2O2/c1-21(2)20(27)24(18-13-6-11-5-12(8-13)9-14(18)7-11)25(21)19(26)16-4-3-15(23)10-17(16)22/h3-4,11-15,18H,5-10H2,1-2H3. The molecule has 6 heteroatoms. The number of hydrogen-bond donors (Lipinski definition) is 0. The van der Waals surface area contributed by atoms with E-state index in [1.54, 1.807) is 23.9 Å². The van der Waals surface area contributed by atoms with Crippen LogP contribution >= 0.6 is 11.6 Å². The monoisotopic (exact) mass is 392 g/mol. The van der Waals surface area contributed by atoms with Crippen molar-refractivity contribution in [2.75, 3.05) is 0 Å². The molecular formula is C21H26ClFN2O2. The fourth-order valence-corrected chi connectivity index (χ4v) is 6.84. The van der Waals surface area contributed by atoms with Crippen molar-refractivity contribution in [3.8, 4) is 0 Å². The molecule has 146 valence electrons. The number of carbonyl (C=O) groups excluding carboxylic acids is 2. The number of alkyl halides is 1. The Bertz CT molecular complexity index is 746. The van der Waals surface area contributed by atoms with E-state index >= 15 is 0 Å². The summed E-state index contributed by atoms with van der Waals surface area (Å²) in [5.41, 5.74) is -0.559. The Kier molecular flexibility index (Phi) is 3.82. The first kappa shape index (κ1) is 17.7. The minimum absolute atomic E-state index is 0.0215. The molecule has 0 aromatic carbocycles. The third-order valence-electron chi connectivity index (χ3n) is 7.50. The highest BCUT2D eigenvalue weighted by atomic mass is 35.5. The number of rotatable bonds is 2. The second kappa shape index (κ2) is 5.82. The van der Waals surface area contributed by atoms with Gasteiger partial charge in [0.25, 0.3) is 11.8 Å². The van der Waals surface area contributed by atoms with Crippen molar-refractivity contribution in [2.24, 2.45) is 23.7 Å². The lowest BCUT2D eigenvalue weighted by Crippen LogP contribution is -2.81. The maximum atomic E-state index is 13.6. The van der Waals surface area contributed by atoms with Crippen LogP contribution in [0.25, 0.3) is 0 Å². The fourth-order valence-electron chi connectivity index (χ4n) is 6.54. The van der Waals surface area contributed by atoms with Gasteiger partial charge >= 0.3 is 0 Å². The van der Waals surface area contributed by atoms with Crippen LogP contribution < -0.4 is 0 Å². The van der Waals surface area contributed by atoms with Gasteiger partial charge in [0, 0.05) is 11.5 Å². The summed E-state index contributed by atoms with van der Waals surface area (Å²) < 4.78 is 13.6. The summed E-state index contributed by atoms with van der Waals surface area (Å²) >= 11 is 6.22. The molecular weight excluding hydrogens is 367 g/mol. The van der Waals surface area contributed by atoms with Crippen molar-refractivity contribution in [3.63, 3.8) is 0 Å². The average Bonchev–Trinajstić information content (AvgIpc) is 2.59. The highest BCUT2D eigenvalue weighted by Crippen LogP contribution is 2.57. The lowest BCUT2D eigenvalue weighted by molar-refractivity contribution is -0.242. The van der Waals surface area contributed by atoms with E-state index in [0.29, 0.717) is 17.4 Å². The number of halogens is 2. The summed E-state index contributed by atoms with van der Waals surface area (Å²) in [6, 6.07) is 0.128. The molecule has 4 saturated carbocycles. The van der Waals surface area contributed by atoms with E-state index in [-0.39, 0.29) is 29.3 Å². The van der Waals surface area contributed by atoms with Gasteiger partial charge in [0.15, 0.2) is 0 Å². The Morgan fingerprint density at radius 3 is 2.30 bits per heavy atom. The molecule has 0 N–H and O–H groups in total. The molecule has 2 amide bonds. The van der Waals surface area contributed by atoms with Crippen LogP contribution in [0.5, 0.6) is 0 Å². The molecule has 0 aromatic heterocycles. The van der Waals surface area contributed by atoms with Gasteiger partial charge in [-0.3, -0.25) is 9.59 Å². The largest absolute Gasteiger partial charge is 0.274 e. The van der Waals surface area contributed by atoms with Crippen LogP contribution in [-0.4, -0.2) is 39.6 Å². The molecule has 5 aliphatic carbocycles. The van der Waals surface area contributed by atoms with Crippen LogP contribution in [0.4, 0.5) is 4.39 Å². The number of hydrogen-bond acceptors (Lipinski definition) is 2. The molecule has 4 nitrogen and oxygen atoms in total. The number of hydrazine groups is 1. The minimum atomic E-state index is -1.15. The minimum Gasteiger partial charge on any atom is -0.270 e. The van der Waals surface area contributed by atoms with E-state index in [1.165, 1.54) is 44.3 Å². The quantitative estimate of drug-likeness (QED) is 0.713. The van der Waals surface area contributed by atoms with Crippen molar-refractivity contribution in [1.82, 2.24) is 10.0 Å². The number of allylic oxidation sites excluding steroid dienone is 2. The van der Waals surface area contributed by atoms with Crippen LogP contribution in [-0.2, 0) is 9.59 Å². The van der Waals surface area contributed by atoms with Crippen LogP contribution in [0.3, 0.4) is 0 Å². The van der Waals surface area contributed by atoms with Gasteiger partial charge in [0.2, 0.25) is 0 Å². The van der Waals surface area contributed by atoms with Crippen molar-refractivity contribution in [3.05, 3.63) is 22.8 Å². The summed E-state index contributed by atoms with van der Waals surface area (Å²) in [6.45, 7) is 3.58. The maximum absolute atomic E-state index is 13.6. The first-order valence-electron chi connectivity index (χ1n) is 10.2. The molecule has 5 fully saturated rings. The zero-order valence-corrected chi connectivity index (χ0v) is 16.6. The summed E-state index contributed by atoms with van der Waals surface area (Å²) in [5.74, 6) is 2.35. The van der Waals surface area contributed by atoms with E-state index < -0.39 is 11.7 Å². The molecule has 1 atom stereocenters. The number of nitrogens with zero attached hydrogens (tertiary/aromatic N) is 2. The SMILES string of the molecule is CC1(C)C(=O)N(C2C3CC4CC(C3)CC2C4)N1C(=O)C1=C(Cl)CC(F)C=C1. The Morgan fingerprint density at radius 2 is 1.74 bits per heavy atom. The summed E-state index contributed by atoms with van der Waals surface area (Å²) in [5, 5.41) is 3.61. The van der Waals surface area contributed by atoms with Gasteiger partial charge in [-0.15, -0.1) is 0 Å². The second-order valence-electron chi connectivity index (χ2n) is 9.64. The molecule has 27 heavy (non-hydrogen) atoms. The highest BCUT2D eigenvalue weighted by molar-refractivity contribution is 6.32. The van der Waals surface area contributed by atoms with Crippen molar-refractivity contribution in [1.29, 1.82) is 0 Å².